The van der Waals surface area contributed by atoms with Gasteiger partial charge in [0.2, 0.25) is 0 Å². The molecule has 0 spiro atoms. The molecular formula is C19H32N2O8S2. The van der Waals surface area contributed by atoms with Gasteiger partial charge in [-0.3, -0.25) is 14.4 Å². The van der Waals surface area contributed by atoms with Gasteiger partial charge in [0, 0.05) is 38.8 Å². The third-order valence-corrected chi connectivity index (χ3v) is 6.78. The Morgan fingerprint density at radius 1 is 0.968 bits per heavy atom. The van der Waals surface area contributed by atoms with Gasteiger partial charge in [-0.15, -0.1) is 0 Å². The Morgan fingerprint density at radius 2 is 1.45 bits per heavy atom. The van der Waals surface area contributed by atoms with Gasteiger partial charge in [-0.1, -0.05) is 0 Å². The van der Waals surface area contributed by atoms with Crippen LogP contribution in [0.4, 0.5) is 0 Å². The topological polar surface area (TPSA) is 123 Å². The van der Waals surface area contributed by atoms with Gasteiger partial charge in [0.25, 0.3) is 10.1 Å². The van der Waals surface area contributed by atoms with Crippen molar-refractivity contribution in [3.05, 3.63) is 24.3 Å². The molecule has 2 aliphatic heterocycles. The van der Waals surface area contributed by atoms with Crippen molar-refractivity contribution in [3.8, 4) is 5.75 Å². The molecule has 0 radical (unpaired) electrons. The number of sulfone groups is 1. The Kier molecular flexibility index (Phi) is 10.1. The molecule has 1 atom stereocenters. The molecule has 0 amide bonds. The van der Waals surface area contributed by atoms with Crippen LogP contribution in [0.5, 0.6) is 5.75 Å². The maximum absolute atomic E-state index is 13.0. The highest BCUT2D eigenvalue weighted by Crippen LogP contribution is 2.19. The number of hydrogen-bond acceptors (Lipinski definition) is 9. The fourth-order valence-electron chi connectivity index (χ4n) is 3.43. The predicted octanol–water partition coefficient (Wildman–Crippen LogP) is 0.00590. The van der Waals surface area contributed by atoms with Gasteiger partial charge in [-0.2, -0.15) is 8.42 Å². The molecule has 2 fully saturated rings. The summed E-state index contributed by atoms with van der Waals surface area (Å²) < 4.78 is 67.8. The van der Waals surface area contributed by atoms with Gasteiger partial charge in [-0.25, -0.2) is 8.42 Å². The first-order valence-electron chi connectivity index (χ1n) is 9.99. The molecule has 1 aromatic carbocycles. The first-order valence-corrected chi connectivity index (χ1v) is 13.5. The summed E-state index contributed by atoms with van der Waals surface area (Å²) >= 11 is 0. The average Bonchev–Trinajstić information content (AvgIpc) is 2.73. The summed E-state index contributed by atoms with van der Waals surface area (Å²) in [5.41, 5.74) is 0. The summed E-state index contributed by atoms with van der Waals surface area (Å²) in [6.45, 7) is 6.71. The molecule has 0 aromatic heterocycles. The monoisotopic (exact) mass is 480 g/mol. The molecule has 3 rings (SSSR count). The number of ether oxygens (including phenoxy) is 3. The quantitative estimate of drug-likeness (QED) is 0.534. The summed E-state index contributed by atoms with van der Waals surface area (Å²) in [6.07, 6.45) is 0.715. The molecule has 2 heterocycles. The third kappa shape index (κ3) is 9.81. The first kappa shape index (κ1) is 26.0. The number of hydrogen-bond donors (Lipinski definition) is 1. The van der Waals surface area contributed by atoms with Crippen LogP contribution in [-0.2, 0) is 29.4 Å². The Morgan fingerprint density at radius 3 is 1.94 bits per heavy atom. The standard InChI is InChI=1S/C18H28N2O5S.CH4O3S/c1-23-17-2-4-18(5-3-17)26(21,22)15-16(20-8-12-25-13-9-20)14-19-6-10-24-11-7-19;1-5(2,3)4/h2-5,16H,6-15H2,1H3;1H3,(H,2,3,4). The van der Waals surface area contributed by atoms with E-state index in [2.05, 4.69) is 9.80 Å². The van der Waals surface area contributed by atoms with Gasteiger partial charge in [0.05, 0.1) is 50.4 Å². The van der Waals surface area contributed by atoms with Gasteiger partial charge in [0.15, 0.2) is 9.84 Å². The van der Waals surface area contributed by atoms with Gasteiger partial charge < -0.3 is 14.2 Å². The fraction of sp³-hybridized carbons (Fsp3) is 0.684. The van der Waals surface area contributed by atoms with E-state index in [1.807, 2.05) is 0 Å². The van der Waals surface area contributed by atoms with Gasteiger partial charge >= 0.3 is 0 Å². The molecule has 0 saturated carbocycles. The molecule has 0 bridgehead atoms. The predicted molar refractivity (Wildman–Crippen MR) is 116 cm³/mol. The van der Waals surface area contributed by atoms with Gasteiger partial charge in [0.1, 0.15) is 5.75 Å². The van der Waals surface area contributed by atoms with Crippen LogP contribution in [0.3, 0.4) is 0 Å². The Hall–Kier alpha value is -1.28. The fourth-order valence-corrected chi connectivity index (χ4v) is 5.00. The number of morpholine rings is 2. The number of rotatable bonds is 7. The van der Waals surface area contributed by atoms with Crippen LogP contribution >= 0.6 is 0 Å². The van der Waals surface area contributed by atoms with E-state index in [-0.39, 0.29) is 11.8 Å². The molecule has 2 aliphatic rings. The van der Waals surface area contributed by atoms with E-state index in [9.17, 15) is 16.8 Å². The van der Waals surface area contributed by atoms with Crippen molar-refractivity contribution >= 4 is 20.0 Å². The maximum Gasteiger partial charge on any atom is 0.261 e. The first-order chi connectivity index (χ1) is 14.6. The van der Waals surface area contributed by atoms with Crippen LogP contribution in [0, 0.1) is 0 Å². The molecule has 1 unspecified atom stereocenters. The maximum atomic E-state index is 13.0. The molecule has 31 heavy (non-hydrogen) atoms. The molecule has 178 valence electrons. The van der Waals surface area contributed by atoms with Crippen molar-refractivity contribution < 1.29 is 35.6 Å². The lowest BCUT2D eigenvalue weighted by Crippen LogP contribution is -2.53. The lowest BCUT2D eigenvalue weighted by atomic mass is 10.2. The zero-order chi connectivity index (χ0) is 22.9. The highest BCUT2D eigenvalue weighted by Gasteiger charge is 2.29. The van der Waals surface area contributed by atoms with Crippen LogP contribution in [0.1, 0.15) is 0 Å². The van der Waals surface area contributed by atoms with Crippen molar-refractivity contribution in [2.75, 3.05) is 78.3 Å². The van der Waals surface area contributed by atoms with E-state index < -0.39 is 20.0 Å². The lowest BCUT2D eigenvalue weighted by molar-refractivity contribution is -0.00459. The Balaban J connectivity index is 0.000000614. The van der Waals surface area contributed by atoms with Crippen LogP contribution in [0.25, 0.3) is 0 Å². The molecule has 0 aliphatic carbocycles. The Labute approximate surface area is 184 Å². The second-order valence-electron chi connectivity index (χ2n) is 7.41. The summed E-state index contributed by atoms with van der Waals surface area (Å²) in [7, 11) is -5.48. The summed E-state index contributed by atoms with van der Waals surface area (Å²) in [6, 6.07) is 6.58. The zero-order valence-corrected chi connectivity index (χ0v) is 19.6. The van der Waals surface area contributed by atoms with Crippen LogP contribution in [0.2, 0.25) is 0 Å². The number of methoxy groups -OCH3 is 1. The van der Waals surface area contributed by atoms with Crippen molar-refractivity contribution in [2.24, 2.45) is 0 Å². The summed E-state index contributed by atoms with van der Waals surface area (Å²) in [5, 5.41) is 0. The minimum Gasteiger partial charge on any atom is -0.497 e. The van der Waals surface area contributed by atoms with E-state index in [1.54, 1.807) is 31.4 Å². The van der Waals surface area contributed by atoms with E-state index in [0.29, 0.717) is 43.3 Å². The number of nitrogens with zero attached hydrogens (tertiary/aromatic N) is 2. The Bertz CT molecular complexity index is 855. The van der Waals surface area contributed by atoms with Crippen molar-refractivity contribution in [2.45, 2.75) is 10.9 Å². The normalized spacial score (nSPS) is 19.8. The van der Waals surface area contributed by atoms with E-state index in [4.69, 9.17) is 18.8 Å². The molecule has 1 N–H and O–H groups in total. The highest BCUT2D eigenvalue weighted by atomic mass is 32.2. The SMILES string of the molecule is COc1ccc(S(=O)(=O)CC(CN2CCOCC2)N2CCOCC2)cc1.CS(=O)(=O)O. The van der Waals surface area contributed by atoms with E-state index >= 15 is 0 Å². The van der Waals surface area contributed by atoms with Crippen molar-refractivity contribution in [3.63, 3.8) is 0 Å². The molecule has 10 nitrogen and oxygen atoms in total. The molecule has 2 saturated heterocycles. The smallest absolute Gasteiger partial charge is 0.261 e. The van der Waals surface area contributed by atoms with E-state index in [1.165, 1.54) is 0 Å². The molecular weight excluding hydrogens is 448 g/mol. The largest absolute Gasteiger partial charge is 0.497 e. The van der Waals surface area contributed by atoms with Crippen LogP contribution < -0.4 is 4.74 Å². The summed E-state index contributed by atoms with van der Waals surface area (Å²) in [4.78, 5) is 4.89. The second-order valence-corrected chi connectivity index (χ2v) is 10.9. The van der Waals surface area contributed by atoms with Crippen molar-refractivity contribution in [1.29, 1.82) is 0 Å². The molecule has 1 aromatic rings. The van der Waals surface area contributed by atoms with Crippen molar-refractivity contribution in [1.82, 2.24) is 9.80 Å². The highest BCUT2D eigenvalue weighted by molar-refractivity contribution is 7.91. The van der Waals surface area contributed by atoms with Crippen LogP contribution in [0.15, 0.2) is 29.2 Å². The molecule has 12 heteroatoms. The van der Waals surface area contributed by atoms with Crippen LogP contribution in [-0.4, -0.2) is 115 Å². The average molecular weight is 481 g/mol. The third-order valence-electron chi connectivity index (χ3n) is 4.97. The minimum atomic E-state index is -3.67. The zero-order valence-electron chi connectivity index (χ0n) is 18.0. The summed E-state index contributed by atoms with van der Waals surface area (Å²) in [5.74, 6) is 0.762. The minimum absolute atomic E-state index is 0.0518. The van der Waals surface area contributed by atoms with Gasteiger partial charge in [-0.05, 0) is 24.3 Å². The number of benzene rings is 1. The lowest BCUT2D eigenvalue weighted by Gasteiger charge is -2.38. The van der Waals surface area contributed by atoms with E-state index in [0.717, 1.165) is 32.7 Å². The second kappa shape index (κ2) is 12.1.